The van der Waals surface area contributed by atoms with Crippen LogP contribution in [0.3, 0.4) is 0 Å². The molecule has 2 unspecified atom stereocenters. The molecule has 0 saturated heterocycles. The summed E-state index contributed by atoms with van der Waals surface area (Å²) in [5.41, 5.74) is 2.91. The van der Waals surface area contributed by atoms with Crippen molar-refractivity contribution in [1.82, 2.24) is 14.9 Å². The minimum atomic E-state index is -1.52. The van der Waals surface area contributed by atoms with Crippen molar-refractivity contribution >= 4 is 34.8 Å². The molecule has 4 aromatic rings. The van der Waals surface area contributed by atoms with Crippen molar-refractivity contribution in [2.24, 2.45) is 7.05 Å². The van der Waals surface area contributed by atoms with Gasteiger partial charge >= 0.3 is 0 Å². The molecule has 0 fully saturated rings. The number of aryl methyl sites for hydroxylation is 1. The number of carbonyl (C=O) groups is 1. The van der Waals surface area contributed by atoms with Gasteiger partial charge in [-0.25, -0.2) is 4.98 Å². The summed E-state index contributed by atoms with van der Waals surface area (Å²) in [6.45, 7) is 0.168. The topological polar surface area (TPSA) is 70.4 Å². The van der Waals surface area contributed by atoms with Gasteiger partial charge in [-0.2, -0.15) is 0 Å². The molecule has 3 aromatic carbocycles. The Kier molecular flexibility index (Phi) is 6.15. The number of benzene rings is 3. The van der Waals surface area contributed by atoms with Gasteiger partial charge in [0.15, 0.2) is 5.60 Å². The highest BCUT2D eigenvalue weighted by molar-refractivity contribution is 6.30. The van der Waals surface area contributed by atoms with E-state index in [2.05, 4.69) is 10.3 Å². The normalized spacial score (nSPS) is 17.6. The van der Waals surface area contributed by atoms with Gasteiger partial charge in [0.05, 0.1) is 30.8 Å². The van der Waals surface area contributed by atoms with E-state index >= 15 is 0 Å². The molecular formula is C27H24Cl2N4O2. The lowest BCUT2D eigenvalue weighted by Crippen LogP contribution is -2.33. The van der Waals surface area contributed by atoms with Crippen molar-refractivity contribution < 1.29 is 9.90 Å². The zero-order valence-electron chi connectivity index (χ0n) is 19.2. The smallest absolute Gasteiger partial charge is 0.240 e. The predicted molar refractivity (Wildman–Crippen MR) is 138 cm³/mol. The van der Waals surface area contributed by atoms with E-state index in [1.54, 1.807) is 41.2 Å². The molecule has 0 aliphatic carbocycles. The number of fused-ring (bicyclic) bond motifs is 1. The Morgan fingerprint density at radius 3 is 2.43 bits per heavy atom. The van der Waals surface area contributed by atoms with Crippen molar-refractivity contribution in [2.45, 2.75) is 11.6 Å². The minimum Gasteiger partial charge on any atom is -0.374 e. The van der Waals surface area contributed by atoms with Crippen LogP contribution in [0.4, 0.5) is 5.69 Å². The van der Waals surface area contributed by atoms with Crippen LogP contribution in [0.15, 0.2) is 79.3 Å². The lowest BCUT2D eigenvalue weighted by Gasteiger charge is -2.31. The van der Waals surface area contributed by atoms with E-state index < -0.39 is 5.60 Å². The SMILES string of the molecule is CN1C(=O)CNC(c2cccc(Cl)c2)c2cc(C(O)(c3ccc(Cl)cc3)c3cncn3C)ccc21. The van der Waals surface area contributed by atoms with Crippen molar-refractivity contribution in [2.75, 3.05) is 18.5 Å². The molecule has 2 N–H and O–H groups in total. The largest absolute Gasteiger partial charge is 0.374 e. The zero-order valence-corrected chi connectivity index (χ0v) is 20.8. The number of hydrogen-bond donors (Lipinski definition) is 2. The van der Waals surface area contributed by atoms with Crippen LogP contribution < -0.4 is 10.2 Å². The van der Waals surface area contributed by atoms with Gasteiger partial charge in [-0.05, 0) is 58.7 Å². The second-order valence-electron chi connectivity index (χ2n) is 8.70. The Hall–Kier alpha value is -3.16. The van der Waals surface area contributed by atoms with Crippen LogP contribution in [0.2, 0.25) is 10.0 Å². The van der Waals surface area contributed by atoms with E-state index in [4.69, 9.17) is 23.2 Å². The molecule has 0 saturated carbocycles. The number of anilines is 1. The molecule has 1 aliphatic rings. The molecule has 5 rings (SSSR count). The Labute approximate surface area is 213 Å². The van der Waals surface area contributed by atoms with Crippen molar-refractivity contribution in [3.8, 4) is 0 Å². The third-order valence-corrected chi connectivity index (χ3v) is 7.07. The molecule has 0 radical (unpaired) electrons. The van der Waals surface area contributed by atoms with E-state index in [1.165, 1.54) is 0 Å². The van der Waals surface area contributed by atoms with Crippen LogP contribution in [0.25, 0.3) is 0 Å². The molecular weight excluding hydrogens is 483 g/mol. The number of aliphatic hydroxyl groups is 1. The molecule has 6 nitrogen and oxygen atoms in total. The summed E-state index contributed by atoms with van der Waals surface area (Å²) >= 11 is 12.5. The van der Waals surface area contributed by atoms with Gasteiger partial charge in [0.1, 0.15) is 0 Å². The summed E-state index contributed by atoms with van der Waals surface area (Å²) in [5, 5.41) is 16.9. The monoisotopic (exact) mass is 506 g/mol. The maximum absolute atomic E-state index is 12.8. The Balaban J connectivity index is 1.75. The quantitative estimate of drug-likeness (QED) is 0.422. The van der Waals surface area contributed by atoms with Crippen molar-refractivity contribution in [1.29, 1.82) is 0 Å². The van der Waals surface area contributed by atoms with Gasteiger partial charge in [-0.3, -0.25) is 10.1 Å². The number of rotatable bonds is 4. The zero-order chi connectivity index (χ0) is 24.7. The molecule has 2 atom stereocenters. The van der Waals surface area contributed by atoms with E-state index in [-0.39, 0.29) is 18.5 Å². The first-order valence-electron chi connectivity index (χ1n) is 11.1. The van der Waals surface area contributed by atoms with Crippen LogP contribution >= 0.6 is 23.2 Å². The van der Waals surface area contributed by atoms with E-state index in [0.29, 0.717) is 26.9 Å². The number of carbonyl (C=O) groups excluding carboxylic acids is 1. The number of halogens is 2. The number of likely N-dealkylation sites (N-methyl/N-ethyl adjacent to an activating group) is 1. The summed E-state index contributed by atoms with van der Waals surface area (Å²) in [6, 6.07) is 20.1. The number of nitrogens with one attached hydrogen (secondary N) is 1. The highest BCUT2D eigenvalue weighted by Crippen LogP contribution is 2.41. The van der Waals surface area contributed by atoms with Crippen LogP contribution in [-0.4, -0.2) is 34.2 Å². The average Bonchev–Trinajstić information content (AvgIpc) is 3.25. The highest BCUT2D eigenvalue weighted by Gasteiger charge is 2.38. The third-order valence-electron chi connectivity index (χ3n) is 6.58. The fraction of sp³-hybridized carbons (Fsp3) is 0.185. The fourth-order valence-electron chi connectivity index (χ4n) is 4.71. The average molecular weight is 507 g/mol. The first kappa shape index (κ1) is 23.6. The predicted octanol–water partition coefficient (Wildman–Crippen LogP) is 4.67. The first-order chi connectivity index (χ1) is 16.8. The van der Waals surface area contributed by atoms with Gasteiger partial charge in [0.25, 0.3) is 0 Å². The molecule has 35 heavy (non-hydrogen) atoms. The van der Waals surface area contributed by atoms with Gasteiger partial charge in [0.2, 0.25) is 5.91 Å². The Bertz CT molecular complexity index is 1400. The number of amides is 1. The third kappa shape index (κ3) is 4.13. The Morgan fingerprint density at radius 2 is 1.74 bits per heavy atom. The number of imidazole rings is 1. The van der Waals surface area contributed by atoms with Crippen LogP contribution in [-0.2, 0) is 17.4 Å². The van der Waals surface area contributed by atoms with Crippen LogP contribution in [0.5, 0.6) is 0 Å². The molecule has 178 valence electrons. The molecule has 2 heterocycles. The maximum atomic E-state index is 12.8. The summed E-state index contributed by atoms with van der Waals surface area (Å²) in [7, 11) is 3.60. The minimum absolute atomic E-state index is 0.0527. The summed E-state index contributed by atoms with van der Waals surface area (Å²) in [5.74, 6) is -0.0527. The molecule has 0 spiro atoms. The lowest BCUT2D eigenvalue weighted by molar-refractivity contribution is -0.117. The first-order valence-corrected chi connectivity index (χ1v) is 11.9. The van der Waals surface area contributed by atoms with E-state index in [0.717, 1.165) is 16.8 Å². The van der Waals surface area contributed by atoms with Crippen LogP contribution in [0, 0.1) is 0 Å². The standard InChI is InChI=1S/C27H24Cl2N4O2/c1-32-16-30-14-24(32)27(35,18-6-9-20(28)10-7-18)19-8-11-23-22(13-19)26(31-15-25(34)33(23)2)17-4-3-5-21(29)12-17/h3-14,16,26,31,35H,15H2,1-2H3. The number of nitrogens with zero attached hydrogens (tertiary/aromatic N) is 3. The van der Waals surface area contributed by atoms with E-state index in [9.17, 15) is 9.90 Å². The molecule has 0 bridgehead atoms. The van der Waals surface area contributed by atoms with Crippen molar-refractivity contribution in [3.05, 3.63) is 117 Å². The summed E-state index contributed by atoms with van der Waals surface area (Å²) in [4.78, 5) is 18.6. The maximum Gasteiger partial charge on any atom is 0.240 e. The second kappa shape index (κ2) is 9.13. The van der Waals surface area contributed by atoms with Gasteiger partial charge in [0, 0.05) is 29.8 Å². The Morgan fingerprint density at radius 1 is 1.00 bits per heavy atom. The number of aromatic nitrogens is 2. The van der Waals surface area contributed by atoms with Gasteiger partial charge in [-0.15, -0.1) is 0 Å². The molecule has 8 heteroatoms. The van der Waals surface area contributed by atoms with Crippen molar-refractivity contribution in [3.63, 3.8) is 0 Å². The van der Waals surface area contributed by atoms with E-state index in [1.807, 2.05) is 61.6 Å². The number of hydrogen-bond acceptors (Lipinski definition) is 4. The fourth-order valence-corrected chi connectivity index (χ4v) is 5.04. The van der Waals surface area contributed by atoms with Gasteiger partial charge < -0.3 is 14.6 Å². The molecule has 1 amide bonds. The summed E-state index contributed by atoms with van der Waals surface area (Å²) < 4.78 is 1.79. The molecule has 1 aromatic heterocycles. The highest BCUT2D eigenvalue weighted by atomic mass is 35.5. The van der Waals surface area contributed by atoms with Crippen LogP contribution in [0.1, 0.15) is 34.0 Å². The van der Waals surface area contributed by atoms with Gasteiger partial charge in [-0.1, -0.05) is 53.5 Å². The molecule has 1 aliphatic heterocycles. The lowest BCUT2D eigenvalue weighted by atomic mass is 9.81. The summed E-state index contributed by atoms with van der Waals surface area (Å²) in [6.07, 6.45) is 3.31. The second-order valence-corrected chi connectivity index (χ2v) is 9.58.